The molecule has 2 N–H and O–H groups in total. The van der Waals surface area contributed by atoms with Crippen LogP contribution in [0.15, 0.2) is 93.2 Å². The van der Waals surface area contributed by atoms with Gasteiger partial charge in [-0.3, -0.25) is 14.2 Å². The number of thiophene rings is 1. The molecule has 0 radical (unpaired) electrons. The number of rotatable bonds is 7. The van der Waals surface area contributed by atoms with E-state index in [9.17, 15) is 14.4 Å². The number of amides is 1. The van der Waals surface area contributed by atoms with Crippen molar-refractivity contribution < 1.29 is 19.4 Å². The fourth-order valence-corrected chi connectivity index (χ4v) is 5.91. The number of aliphatic carboxylic acids is 1. The molecule has 2 aromatic carbocycles. The number of nitrogens with one attached hydrogen (secondary N) is 1. The van der Waals surface area contributed by atoms with Crippen LogP contribution in [-0.2, 0) is 9.59 Å². The largest absolute Gasteiger partial charge is 0.482 e. The number of fused-ring (bicyclic) bond motifs is 1. The molecule has 0 aliphatic carbocycles. The van der Waals surface area contributed by atoms with E-state index in [1.54, 1.807) is 54.0 Å². The molecule has 37 heavy (non-hydrogen) atoms. The summed E-state index contributed by atoms with van der Waals surface area (Å²) < 4.78 is 7.27. The number of para-hydroxylation sites is 1. The number of carbonyl (C=O) groups excluding carboxylic acids is 1. The van der Waals surface area contributed by atoms with Gasteiger partial charge in [0.25, 0.3) is 11.5 Å². The van der Waals surface area contributed by atoms with Crippen LogP contribution in [0, 0.1) is 0 Å². The fraction of sp³-hybridized carbons (Fsp3) is 0.111. The Morgan fingerprint density at radius 3 is 2.68 bits per heavy atom. The number of carbonyl (C=O) groups is 2. The van der Waals surface area contributed by atoms with Crippen LogP contribution >= 0.6 is 22.7 Å². The van der Waals surface area contributed by atoms with E-state index >= 15 is 0 Å². The zero-order valence-electron chi connectivity index (χ0n) is 19.6. The van der Waals surface area contributed by atoms with Crippen LogP contribution in [0.3, 0.4) is 0 Å². The molecule has 1 amide bonds. The van der Waals surface area contributed by atoms with Gasteiger partial charge in [0.05, 0.1) is 15.8 Å². The Hall–Kier alpha value is -4.28. The Morgan fingerprint density at radius 2 is 1.95 bits per heavy atom. The van der Waals surface area contributed by atoms with Gasteiger partial charge >= 0.3 is 5.97 Å². The van der Waals surface area contributed by atoms with Crippen LogP contribution in [0.4, 0.5) is 5.69 Å². The number of benzene rings is 2. The van der Waals surface area contributed by atoms with Gasteiger partial charge in [0.2, 0.25) is 0 Å². The lowest BCUT2D eigenvalue weighted by molar-refractivity contribution is -0.139. The number of ether oxygens (including phenoxy) is 1. The highest BCUT2D eigenvalue weighted by Gasteiger charge is 2.33. The summed E-state index contributed by atoms with van der Waals surface area (Å²) in [6.07, 6.45) is 1.71. The summed E-state index contributed by atoms with van der Waals surface area (Å²) in [4.78, 5) is 43.9. The number of anilines is 1. The molecular weight excluding hydrogens is 510 g/mol. The van der Waals surface area contributed by atoms with Crippen LogP contribution in [0.5, 0.6) is 5.75 Å². The first-order valence-corrected chi connectivity index (χ1v) is 13.0. The van der Waals surface area contributed by atoms with Crippen molar-refractivity contribution >= 4 is 46.3 Å². The Bertz CT molecular complexity index is 1690. The second-order valence-electron chi connectivity index (χ2n) is 8.17. The predicted octanol–water partition coefficient (Wildman–Crippen LogP) is 3.40. The lowest BCUT2D eigenvalue weighted by Crippen LogP contribution is -2.40. The second kappa shape index (κ2) is 10.4. The monoisotopic (exact) mass is 531 g/mol. The van der Waals surface area contributed by atoms with E-state index in [2.05, 4.69) is 10.3 Å². The third-order valence-corrected chi connectivity index (χ3v) is 7.54. The molecule has 0 saturated heterocycles. The van der Waals surface area contributed by atoms with Crippen molar-refractivity contribution in [1.29, 1.82) is 0 Å². The van der Waals surface area contributed by atoms with Crippen LogP contribution in [0.25, 0.3) is 6.08 Å². The molecule has 10 heteroatoms. The van der Waals surface area contributed by atoms with E-state index in [1.807, 2.05) is 35.7 Å². The molecule has 186 valence electrons. The number of nitrogens with zero attached hydrogens (tertiary/aromatic N) is 2. The van der Waals surface area contributed by atoms with E-state index in [-0.39, 0.29) is 11.5 Å². The summed E-state index contributed by atoms with van der Waals surface area (Å²) in [6, 6.07) is 19.2. The van der Waals surface area contributed by atoms with E-state index in [0.717, 1.165) is 4.88 Å². The van der Waals surface area contributed by atoms with E-state index in [1.165, 1.54) is 22.7 Å². The number of allylic oxidation sites excluding steroid dienone is 1. The minimum Gasteiger partial charge on any atom is -0.482 e. The quantitative estimate of drug-likeness (QED) is 0.380. The number of thiazole rings is 1. The summed E-state index contributed by atoms with van der Waals surface area (Å²) in [5.74, 6) is -1.01. The van der Waals surface area contributed by atoms with E-state index in [4.69, 9.17) is 9.84 Å². The number of aromatic nitrogens is 1. The van der Waals surface area contributed by atoms with Crippen LogP contribution < -0.4 is 24.9 Å². The number of hydrogen-bond donors (Lipinski definition) is 2. The molecule has 3 heterocycles. The number of hydrogen-bond acceptors (Lipinski definition) is 7. The highest BCUT2D eigenvalue weighted by atomic mass is 32.1. The topological polar surface area (TPSA) is 110 Å². The van der Waals surface area contributed by atoms with E-state index in [0.29, 0.717) is 37.6 Å². The van der Waals surface area contributed by atoms with Crippen molar-refractivity contribution in [2.24, 2.45) is 4.99 Å². The van der Waals surface area contributed by atoms with Crippen molar-refractivity contribution in [3.8, 4) is 5.75 Å². The summed E-state index contributed by atoms with van der Waals surface area (Å²) in [5.41, 5.74) is 2.02. The van der Waals surface area contributed by atoms with E-state index < -0.39 is 18.6 Å². The molecule has 0 spiro atoms. The Balaban J connectivity index is 1.58. The Labute approximate surface area is 219 Å². The van der Waals surface area contributed by atoms with Gasteiger partial charge in [-0.05, 0) is 54.3 Å². The first-order valence-electron chi connectivity index (χ1n) is 11.3. The highest BCUT2D eigenvalue weighted by Crippen LogP contribution is 2.33. The van der Waals surface area contributed by atoms with Crippen molar-refractivity contribution in [1.82, 2.24) is 4.57 Å². The zero-order chi connectivity index (χ0) is 25.9. The average molecular weight is 532 g/mol. The lowest BCUT2D eigenvalue weighted by atomic mass is 10.0. The molecule has 2 aromatic heterocycles. The highest BCUT2D eigenvalue weighted by molar-refractivity contribution is 7.10. The SMILES string of the molecule is CC1=C(C(=O)Nc2ccccc2)C(c2cccs2)n2c(sc(=Cc3cccc(OCC(=O)O)c3)c2=O)=N1. The average Bonchev–Trinajstić information content (AvgIpc) is 3.51. The van der Waals surface area contributed by atoms with Gasteiger partial charge in [0.15, 0.2) is 11.4 Å². The van der Waals surface area contributed by atoms with Gasteiger partial charge in [-0.2, -0.15) is 0 Å². The summed E-state index contributed by atoms with van der Waals surface area (Å²) >= 11 is 2.70. The molecule has 0 bridgehead atoms. The smallest absolute Gasteiger partial charge is 0.341 e. The maximum absolute atomic E-state index is 13.7. The minimum atomic E-state index is -1.07. The molecule has 4 aromatic rings. The molecule has 0 saturated carbocycles. The van der Waals surface area contributed by atoms with Gasteiger partial charge in [-0.15, -0.1) is 11.3 Å². The molecule has 1 atom stereocenters. The van der Waals surface area contributed by atoms with Gasteiger partial charge in [-0.25, -0.2) is 9.79 Å². The van der Waals surface area contributed by atoms with Gasteiger partial charge in [0.1, 0.15) is 11.8 Å². The van der Waals surface area contributed by atoms with Crippen LogP contribution in [0.2, 0.25) is 0 Å². The lowest BCUT2D eigenvalue weighted by Gasteiger charge is -2.24. The van der Waals surface area contributed by atoms with Crippen LogP contribution in [0.1, 0.15) is 23.4 Å². The summed E-state index contributed by atoms with van der Waals surface area (Å²) in [7, 11) is 0. The Kier molecular flexibility index (Phi) is 6.85. The minimum absolute atomic E-state index is 0.267. The fourth-order valence-electron chi connectivity index (χ4n) is 4.04. The number of carboxylic acid groups (broad SMARTS) is 1. The van der Waals surface area contributed by atoms with Gasteiger partial charge in [0, 0.05) is 10.6 Å². The molecule has 5 rings (SSSR count). The zero-order valence-corrected chi connectivity index (χ0v) is 21.2. The van der Waals surface area contributed by atoms with Crippen molar-refractivity contribution in [2.45, 2.75) is 13.0 Å². The second-order valence-corrected chi connectivity index (χ2v) is 10.2. The molecule has 0 fully saturated rings. The standard InChI is InChI=1S/C27H21N3O5S2/c1-16-23(25(33)29-18-8-3-2-4-9-18)24(20-11-6-12-36-20)30-26(34)21(37-27(30)28-16)14-17-7-5-10-19(13-17)35-15-22(31)32/h2-14,24H,15H2,1H3,(H,29,33)(H,31,32). The van der Waals surface area contributed by atoms with Crippen molar-refractivity contribution in [3.05, 3.63) is 114 Å². The molecule has 8 nitrogen and oxygen atoms in total. The third-order valence-electron chi connectivity index (χ3n) is 5.63. The van der Waals surface area contributed by atoms with Crippen molar-refractivity contribution in [3.63, 3.8) is 0 Å². The summed E-state index contributed by atoms with van der Waals surface area (Å²) in [6.45, 7) is 1.32. The van der Waals surface area contributed by atoms with Gasteiger partial charge in [-0.1, -0.05) is 47.7 Å². The normalized spacial score (nSPS) is 15.2. The van der Waals surface area contributed by atoms with Gasteiger partial charge < -0.3 is 15.2 Å². The molecule has 1 unspecified atom stereocenters. The molecule has 1 aliphatic rings. The maximum Gasteiger partial charge on any atom is 0.341 e. The third kappa shape index (κ3) is 5.16. The summed E-state index contributed by atoms with van der Waals surface area (Å²) in [5, 5.41) is 13.7. The van der Waals surface area contributed by atoms with Crippen molar-refractivity contribution in [2.75, 3.05) is 11.9 Å². The van der Waals surface area contributed by atoms with Crippen LogP contribution in [-0.4, -0.2) is 28.2 Å². The maximum atomic E-state index is 13.7. The first kappa shape index (κ1) is 24.4. The predicted molar refractivity (Wildman–Crippen MR) is 143 cm³/mol. The first-order chi connectivity index (χ1) is 17.9. The molecule has 1 aliphatic heterocycles. The molecular formula is C27H21N3O5S2. The Morgan fingerprint density at radius 1 is 1.14 bits per heavy atom. The number of carboxylic acids is 1.